The van der Waals surface area contributed by atoms with Crippen LogP contribution in [0.4, 0.5) is 0 Å². The van der Waals surface area contributed by atoms with Gasteiger partial charge in [-0.05, 0) is 58.2 Å². The minimum Gasteiger partial charge on any atom is -0.351 e. The third kappa shape index (κ3) is 3.97. The van der Waals surface area contributed by atoms with Gasteiger partial charge in [-0.25, -0.2) is 0 Å². The molecule has 0 aliphatic carbocycles. The number of aromatic nitrogens is 1. The fourth-order valence-corrected chi connectivity index (χ4v) is 3.51. The van der Waals surface area contributed by atoms with Gasteiger partial charge in [0.15, 0.2) is 5.78 Å². The van der Waals surface area contributed by atoms with Gasteiger partial charge in [-0.15, -0.1) is 0 Å². The van der Waals surface area contributed by atoms with Crippen molar-refractivity contribution in [3.63, 3.8) is 0 Å². The highest BCUT2D eigenvalue weighted by atomic mass is 16.1. The van der Waals surface area contributed by atoms with Crippen LogP contribution in [0.5, 0.6) is 0 Å². The average Bonchev–Trinajstić information content (AvgIpc) is 2.64. The molecule has 0 amide bonds. The first-order valence-corrected chi connectivity index (χ1v) is 8.41. The van der Waals surface area contributed by atoms with Gasteiger partial charge in [0.05, 0.1) is 6.54 Å². The molecule has 1 atom stereocenters. The van der Waals surface area contributed by atoms with Crippen LogP contribution in [-0.4, -0.2) is 34.9 Å². The van der Waals surface area contributed by atoms with Crippen molar-refractivity contribution >= 4 is 5.78 Å². The molecule has 1 unspecified atom stereocenters. The number of Topliss-reactive ketones (excluding diaryl/α,β-unsaturated/α-hetero) is 1. The largest absolute Gasteiger partial charge is 0.351 e. The maximum atomic E-state index is 12.6. The van der Waals surface area contributed by atoms with E-state index >= 15 is 0 Å². The monoisotopic (exact) mass is 290 g/mol. The van der Waals surface area contributed by atoms with Crippen LogP contribution >= 0.6 is 0 Å². The number of aryl methyl sites for hydroxylation is 1. The highest BCUT2D eigenvalue weighted by molar-refractivity contribution is 5.99. The summed E-state index contributed by atoms with van der Waals surface area (Å²) in [6.45, 7) is 9.12. The predicted octanol–water partition coefficient (Wildman–Crippen LogP) is 3.73. The molecule has 0 N–H and O–H groups in total. The fraction of sp³-hybridized carbons (Fsp3) is 0.722. The van der Waals surface area contributed by atoms with E-state index in [1.807, 2.05) is 20.0 Å². The maximum absolute atomic E-state index is 12.6. The minimum absolute atomic E-state index is 0.283. The molecular formula is C18H30N2O. The van der Waals surface area contributed by atoms with Crippen LogP contribution < -0.4 is 0 Å². The first-order valence-electron chi connectivity index (χ1n) is 8.41. The van der Waals surface area contributed by atoms with Crippen LogP contribution in [0.3, 0.4) is 0 Å². The molecule has 2 rings (SSSR count). The van der Waals surface area contributed by atoms with Crippen molar-refractivity contribution in [1.82, 2.24) is 9.47 Å². The molecule has 1 aliphatic heterocycles. The van der Waals surface area contributed by atoms with E-state index in [0.717, 1.165) is 36.0 Å². The summed E-state index contributed by atoms with van der Waals surface area (Å²) in [5.74, 6) is 1.15. The average molecular weight is 290 g/mol. The van der Waals surface area contributed by atoms with Gasteiger partial charge in [-0.2, -0.15) is 0 Å². The summed E-state index contributed by atoms with van der Waals surface area (Å²) < 4.78 is 2.10. The van der Waals surface area contributed by atoms with Crippen molar-refractivity contribution < 1.29 is 4.79 Å². The van der Waals surface area contributed by atoms with E-state index in [9.17, 15) is 4.79 Å². The lowest BCUT2D eigenvalue weighted by Gasteiger charge is -2.19. The quantitative estimate of drug-likeness (QED) is 0.772. The molecule has 118 valence electrons. The van der Waals surface area contributed by atoms with Gasteiger partial charge in [0.2, 0.25) is 0 Å². The SMILES string of the molecule is CCCC1CCCN(CC(=O)c2cc(C)n(C)c2C)CC1. The van der Waals surface area contributed by atoms with Crippen LogP contribution in [-0.2, 0) is 7.05 Å². The molecule has 1 saturated heterocycles. The molecule has 0 bridgehead atoms. The van der Waals surface area contributed by atoms with Crippen LogP contribution in [0, 0.1) is 19.8 Å². The number of likely N-dealkylation sites (tertiary alicyclic amines) is 1. The fourth-order valence-electron chi connectivity index (χ4n) is 3.51. The van der Waals surface area contributed by atoms with Gasteiger partial charge < -0.3 is 4.57 Å². The van der Waals surface area contributed by atoms with E-state index in [-0.39, 0.29) is 5.78 Å². The van der Waals surface area contributed by atoms with Gasteiger partial charge in [0.25, 0.3) is 0 Å². The van der Waals surface area contributed by atoms with E-state index in [1.165, 1.54) is 32.1 Å². The molecule has 3 heteroatoms. The first-order chi connectivity index (χ1) is 10.0. The van der Waals surface area contributed by atoms with Gasteiger partial charge in [-0.1, -0.05) is 19.8 Å². The Labute approximate surface area is 129 Å². The van der Waals surface area contributed by atoms with Crippen molar-refractivity contribution in [1.29, 1.82) is 0 Å². The topological polar surface area (TPSA) is 25.2 Å². The Bertz CT molecular complexity index is 490. The van der Waals surface area contributed by atoms with Crippen molar-refractivity contribution in [2.75, 3.05) is 19.6 Å². The third-order valence-corrected chi connectivity index (χ3v) is 5.08. The van der Waals surface area contributed by atoms with Crippen LogP contribution in [0.2, 0.25) is 0 Å². The smallest absolute Gasteiger partial charge is 0.178 e. The Morgan fingerprint density at radius 3 is 2.67 bits per heavy atom. The summed E-state index contributed by atoms with van der Waals surface area (Å²) in [7, 11) is 2.03. The van der Waals surface area contributed by atoms with Gasteiger partial charge >= 0.3 is 0 Å². The summed E-state index contributed by atoms with van der Waals surface area (Å²) in [6, 6.07) is 2.04. The molecule has 0 saturated carbocycles. The molecule has 0 spiro atoms. The lowest BCUT2D eigenvalue weighted by atomic mass is 9.96. The van der Waals surface area contributed by atoms with E-state index in [1.54, 1.807) is 0 Å². The number of rotatable bonds is 5. The Morgan fingerprint density at radius 1 is 1.29 bits per heavy atom. The summed E-state index contributed by atoms with van der Waals surface area (Å²) in [6.07, 6.45) is 6.46. The summed E-state index contributed by atoms with van der Waals surface area (Å²) in [5.41, 5.74) is 3.16. The molecule has 1 aromatic rings. The Balaban J connectivity index is 1.95. The Hall–Kier alpha value is -1.09. The second-order valence-corrected chi connectivity index (χ2v) is 6.63. The number of hydrogen-bond donors (Lipinski definition) is 0. The van der Waals surface area contributed by atoms with Gasteiger partial charge in [0, 0.05) is 24.0 Å². The van der Waals surface area contributed by atoms with Crippen LogP contribution in [0.15, 0.2) is 6.07 Å². The molecule has 0 aromatic carbocycles. The number of hydrogen-bond acceptors (Lipinski definition) is 2. The lowest BCUT2D eigenvalue weighted by Crippen LogP contribution is -2.31. The Kier molecular flexibility index (Phi) is 5.63. The lowest BCUT2D eigenvalue weighted by molar-refractivity contribution is 0.0931. The summed E-state index contributed by atoms with van der Waals surface area (Å²) in [4.78, 5) is 14.9. The van der Waals surface area contributed by atoms with Crippen LogP contribution in [0.1, 0.15) is 60.8 Å². The normalized spacial score (nSPS) is 20.5. The number of ketones is 1. The molecule has 1 fully saturated rings. The van der Waals surface area contributed by atoms with E-state index < -0.39 is 0 Å². The van der Waals surface area contributed by atoms with Crippen LogP contribution in [0.25, 0.3) is 0 Å². The van der Waals surface area contributed by atoms with Gasteiger partial charge in [-0.3, -0.25) is 9.69 Å². The second kappa shape index (κ2) is 7.26. The highest BCUT2D eigenvalue weighted by Crippen LogP contribution is 2.22. The van der Waals surface area contributed by atoms with Crippen molar-refractivity contribution in [2.45, 2.75) is 52.9 Å². The highest BCUT2D eigenvalue weighted by Gasteiger charge is 2.20. The summed E-state index contributed by atoms with van der Waals surface area (Å²) >= 11 is 0. The molecule has 1 aromatic heterocycles. The molecular weight excluding hydrogens is 260 g/mol. The van der Waals surface area contributed by atoms with Crippen molar-refractivity contribution in [3.8, 4) is 0 Å². The standard InChI is InChI=1S/C18H30N2O/c1-5-7-16-8-6-10-20(11-9-16)13-18(21)17-12-14(2)19(4)15(17)3/h12,16H,5-11,13H2,1-4H3. The molecule has 1 aliphatic rings. The van der Waals surface area contributed by atoms with E-state index in [2.05, 4.69) is 23.3 Å². The Morgan fingerprint density at radius 2 is 2.05 bits per heavy atom. The first kappa shape index (κ1) is 16.3. The van der Waals surface area contributed by atoms with E-state index in [0.29, 0.717) is 6.54 Å². The zero-order valence-corrected chi connectivity index (χ0v) is 14.1. The number of carbonyl (C=O) groups is 1. The molecule has 21 heavy (non-hydrogen) atoms. The molecule has 2 heterocycles. The third-order valence-electron chi connectivity index (χ3n) is 5.08. The predicted molar refractivity (Wildman–Crippen MR) is 87.9 cm³/mol. The van der Waals surface area contributed by atoms with Gasteiger partial charge in [0.1, 0.15) is 0 Å². The second-order valence-electron chi connectivity index (χ2n) is 6.63. The molecule has 3 nitrogen and oxygen atoms in total. The number of carbonyl (C=O) groups excluding carboxylic acids is 1. The zero-order chi connectivity index (χ0) is 15.4. The zero-order valence-electron chi connectivity index (χ0n) is 14.1. The molecule has 0 radical (unpaired) electrons. The minimum atomic E-state index is 0.283. The van der Waals surface area contributed by atoms with Crippen molar-refractivity contribution in [3.05, 3.63) is 23.0 Å². The summed E-state index contributed by atoms with van der Waals surface area (Å²) in [5, 5.41) is 0. The van der Waals surface area contributed by atoms with Crippen molar-refractivity contribution in [2.24, 2.45) is 13.0 Å². The number of nitrogens with zero attached hydrogens (tertiary/aromatic N) is 2. The van der Waals surface area contributed by atoms with E-state index in [4.69, 9.17) is 0 Å². The maximum Gasteiger partial charge on any atom is 0.178 e.